The molecule has 0 unspecified atom stereocenters. The van der Waals surface area contributed by atoms with Gasteiger partial charge in [-0.05, 0) is 113 Å². The van der Waals surface area contributed by atoms with Crippen LogP contribution in [0.2, 0.25) is 0 Å². The minimum atomic E-state index is -1.84. The summed E-state index contributed by atoms with van der Waals surface area (Å²) in [6, 6.07) is 5.93. The van der Waals surface area contributed by atoms with Gasteiger partial charge in [0.1, 0.15) is 30.0 Å². The normalized spacial score (nSPS) is 40.7. The highest BCUT2D eigenvalue weighted by atomic mass is 16.7. The number of hydrogen-bond donors (Lipinski definition) is 5. The Morgan fingerprint density at radius 2 is 1.68 bits per heavy atom. The van der Waals surface area contributed by atoms with Crippen molar-refractivity contribution in [1.29, 1.82) is 0 Å². The van der Waals surface area contributed by atoms with Crippen molar-refractivity contribution in [3.8, 4) is 0 Å². The Balaban J connectivity index is 1.22. The first-order chi connectivity index (χ1) is 34.7. The van der Waals surface area contributed by atoms with Crippen molar-refractivity contribution in [2.45, 2.75) is 224 Å². The number of non-ortho nitro benzene ring substituents is 1. The van der Waals surface area contributed by atoms with Gasteiger partial charge in [0.05, 0.1) is 58.7 Å². The van der Waals surface area contributed by atoms with E-state index in [0.29, 0.717) is 39.0 Å². The first kappa shape index (κ1) is 59.9. The van der Waals surface area contributed by atoms with Crippen molar-refractivity contribution in [2.75, 3.05) is 40.8 Å². The molecule has 4 aliphatic rings. The van der Waals surface area contributed by atoms with E-state index in [1.165, 1.54) is 14.0 Å². The van der Waals surface area contributed by atoms with Crippen molar-refractivity contribution < 1.29 is 63.7 Å². The number of aliphatic hydroxyl groups excluding tert-OH is 3. The second kappa shape index (κ2) is 25.0. The Hall–Kier alpha value is -3.29. The summed E-state index contributed by atoms with van der Waals surface area (Å²) in [6.45, 7) is 20.8. The van der Waals surface area contributed by atoms with Gasteiger partial charge in [0, 0.05) is 82.0 Å². The Morgan fingerprint density at radius 3 is 2.32 bits per heavy atom. The fourth-order valence-electron chi connectivity index (χ4n) is 12.1. The van der Waals surface area contributed by atoms with E-state index in [4.69, 9.17) is 28.4 Å². The second-order valence-corrected chi connectivity index (χ2v) is 23.1. The van der Waals surface area contributed by atoms with Crippen molar-refractivity contribution in [3.63, 3.8) is 0 Å². The van der Waals surface area contributed by atoms with Crippen LogP contribution in [0.25, 0.3) is 0 Å². The highest BCUT2D eigenvalue weighted by molar-refractivity contribution is 5.73. The number of nitrogens with zero attached hydrogens (tertiary/aromatic N) is 7. The molecule has 5 N–H and O–H groups in total. The van der Waals surface area contributed by atoms with Crippen molar-refractivity contribution >= 4 is 11.7 Å². The maximum atomic E-state index is 14.5. The van der Waals surface area contributed by atoms with Gasteiger partial charge in [0.25, 0.3) is 5.69 Å². The van der Waals surface area contributed by atoms with Gasteiger partial charge in [-0.3, -0.25) is 24.5 Å². The van der Waals surface area contributed by atoms with Gasteiger partial charge in [-0.15, -0.1) is 5.10 Å². The van der Waals surface area contributed by atoms with Gasteiger partial charge in [0.15, 0.2) is 12.6 Å². The summed E-state index contributed by atoms with van der Waals surface area (Å²) in [5, 5.41) is 79.9. The highest BCUT2D eigenvalue weighted by Crippen LogP contribution is 2.40. The molecular formula is C53H89N7O14. The lowest BCUT2D eigenvalue weighted by molar-refractivity contribution is -0.384. The molecule has 4 fully saturated rings. The fourth-order valence-corrected chi connectivity index (χ4v) is 12.1. The van der Waals surface area contributed by atoms with Crippen LogP contribution >= 0.6 is 0 Å². The number of nitro benzene ring substituents is 1. The quantitative estimate of drug-likeness (QED) is 0.0969. The van der Waals surface area contributed by atoms with Crippen LogP contribution in [0.5, 0.6) is 0 Å². The number of esters is 1. The molecule has 0 aliphatic carbocycles. The molecule has 6 rings (SSSR count). The maximum absolute atomic E-state index is 14.5. The summed E-state index contributed by atoms with van der Waals surface area (Å²) in [6.07, 6.45) is -4.58. The number of aromatic nitrogens is 3. The lowest BCUT2D eigenvalue weighted by Crippen LogP contribution is -2.61. The van der Waals surface area contributed by atoms with Gasteiger partial charge in [-0.25, -0.2) is 0 Å². The topological polar surface area (TPSA) is 257 Å². The van der Waals surface area contributed by atoms with Crippen LogP contribution in [-0.2, 0) is 52.7 Å². The average molecular weight is 1050 g/mol. The van der Waals surface area contributed by atoms with Crippen LogP contribution in [0.15, 0.2) is 30.5 Å². The summed E-state index contributed by atoms with van der Waals surface area (Å²) in [5.74, 6) is -2.80. The summed E-state index contributed by atoms with van der Waals surface area (Å²) in [4.78, 5) is 31.6. The van der Waals surface area contributed by atoms with Crippen molar-refractivity contribution in [2.24, 2.45) is 17.8 Å². The largest absolute Gasteiger partial charge is 0.459 e. The van der Waals surface area contributed by atoms with Crippen LogP contribution in [0.3, 0.4) is 0 Å². The summed E-state index contributed by atoms with van der Waals surface area (Å²) >= 11 is 0. The number of rotatable bonds is 15. The third kappa shape index (κ3) is 14.1. The molecule has 0 saturated carbocycles. The molecule has 74 heavy (non-hydrogen) atoms. The zero-order valence-electron chi connectivity index (χ0n) is 46.2. The maximum Gasteiger partial charge on any atom is 0.311 e. The molecule has 5 heterocycles. The molecule has 19 atom stereocenters. The average Bonchev–Trinajstić information content (AvgIpc) is 4.00. The smallest absolute Gasteiger partial charge is 0.311 e. The first-order valence-electron chi connectivity index (χ1n) is 26.8. The van der Waals surface area contributed by atoms with Crippen LogP contribution in [0.4, 0.5) is 5.69 Å². The monoisotopic (exact) mass is 1050 g/mol. The van der Waals surface area contributed by atoms with Gasteiger partial charge in [-0.1, -0.05) is 38.1 Å². The number of hydrogen-bond acceptors (Lipinski definition) is 19. The predicted molar refractivity (Wildman–Crippen MR) is 273 cm³/mol. The van der Waals surface area contributed by atoms with Gasteiger partial charge < -0.3 is 63.8 Å². The van der Waals surface area contributed by atoms with Crippen molar-refractivity contribution in [1.82, 2.24) is 29.7 Å². The van der Waals surface area contributed by atoms with Gasteiger partial charge in [0.2, 0.25) is 0 Å². The molecule has 1 aromatic carbocycles. The Labute approximate surface area is 437 Å². The number of methoxy groups -OCH3 is 1. The molecule has 1 aromatic heterocycles. The number of aliphatic hydroxyl groups is 5. The first-order valence-corrected chi connectivity index (χ1v) is 26.8. The minimum absolute atomic E-state index is 0.0725. The van der Waals surface area contributed by atoms with E-state index in [2.05, 4.69) is 20.1 Å². The molecule has 0 amide bonds. The van der Waals surface area contributed by atoms with E-state index in [1.807, 2.05) is 62.8 Å². The number of likely N-dealkylation sites (tertiary alicyclic amines) is 1. The molecule has 0 spiro atoms. The van der Waals surface area contributed by atoms with Crippen LogP contribution in [-0.4, -0.2) is 203 Å². The molecule has 4 aliphatic heterocycles. The van der Waals surface area contributed by atoms with Crippen molar-refractivity contribution in [3.05, 3.63) is 51.8 Å². The molecule has 420 valence electrons. The Morgan fingerprint density at radius 1 is 0.986 bits per heavy atom. The number of cyclic esters (lactones) is 1. The molecule has 0 radical (unpaired) electrons. The fraction of sp³-hybridized carbons (Fsp3) is 0.830. The van der Waals surface area contributed by atoms with E-state index < -0.39 is 107 Å². The standard InChI is InChI=1S/C53H89N7O14/c1-14-42-53(10,66)46(62)35(6)57(12)27-31(2)25-51(8,65)48(33(4)45(34(5)49(64)72-42)73-43-26-52(9,69-13)47(63)36(7)71-43)74-50-44(61)41(24-32(3)70-50)56(11)23-21-38-29-59(55-54-38)30-40-16-15-22-58(40)28-37-17-19-39(20-18-37)60(67)68/h17-20,29,31-36,40-48,50,61-63,65-66H,14-16,21-28,30H2,1-13H3/t31-,32-,33+,34-,35-,36+,40-,41+,42-,43+,44-,45+,46-,47+,48-,50+,51-,52-,53-/m1/s1. The van der Waals surface area contributed by atoms with E-state index in [0.717, 1.165) is 30.6 Å². The van der Waals surface area contributed by atoms with Crippen LogP contribution in [0, 0.1) is 27.9 Å². The summed E-state index contributed by atoms with van der Waals surface area (Å²) < 4.78 is 40.2. The molecule has 4 saturated heterocycles. The third-order valence-corrected chi connectivity index (χ3v) is 16.8. The molecule has 21 nitrogen and oxygen atoms in total. The predicted octanol–water partition coefficient (Wildman–Crippen LogP) is 3.68. The number of ether oxygens (including phenoxy) is 6. The SMILES string of the molecule is CC[C@H]1OC(=O)[C@H](C)[C@@H](O[C@H]2C[C@@](C)(OC)[C@@H](O)[C@H](C)O2)[C@H](C)[C@@H](O[C@@H]2O[C@H](C)C[C@H](N(C)CCc3cn(C[C@H]4CCCN4Cc4ccc([N+](=O)[O-])cc4)nn3)[C@H]2O)[C@](C)(O)C[C@@H](C)CN(C)[C@H](C)[C@@H](O)[C@]1(C)O. The zero-order chi connectivity index (χ0) is 54.6. The van der Waals surface area contributed by atoms with E-state index in [-0.39, 0.29) is 43.0 Å². The van der Waals surface area contributed by atoms with E-state index in [1.54, 1.807) is 53.7 Å². The van der Waals surface area contributed by atoms with Gasteiger partial charge in [-0.2, -0.15) is 0 Å². The third-order valence-electron chi connectivity index (χ3n) is 16.8. The van der Waals surface area contributed by atoms with Crippen LogP contribution in [0.1, 0.15) is 119 Å². The highest BCUT2D eigenvalue weighted by Gasteiger charge is 2.53. The zero-order valence-corrected chi connectivity index (χ0v) is 46.2. The van der Waals surface area contributed by atoms with E-state index in [9.17, 15) is 40.4 Å². The van der Waals surface area contributed by atoms with E-state index >= 15 is 0 Å². The molecule has 0 bridgehead atoms. The number of carbonyl (C=O) groups excluding carboxylic acids is 1. The Bertz CT molecular complexity index is 2120. The summed E-state index contributed by atoms with van der Waals surface area (Å²) in [5.41, 5.74) is -2.66. The number of benzene rings is 1. The molecule has 21 heteroatoms. The summed E-state index contributed by atoms with van der Waals surface area (Å²) in [7, 11) is 5.28. The molecular weight excluding hydrogens is 959 g/mol. The number of likely N-dealkylation sites (N-methyl/N-ethyl adjacent to an activating group) is 2. The Kier molecular flexibility index (Phi) is 20.3. The van der Waals surface area contributed by atoms with Gasteiger partial charge >= 0.3 is 5.97 Å². The number of nitro groups is 1. The molecule has 2 aromatic rings. The second-order valence-electron chi connectivity index (χ2n) is 23.1. The number of carbonyl (C=O) groups is 1. The minimum Gasteiger partial charge on any atom is -0.459 e. The lowest BCUT2D eigenvalue weighted by Gasteiger charge is -2.49. The lowest BCUT2D eigenvalue weighted by atomic mass is 9.77. The van der Waals surface area contributed by atoms with Crippen LogP contribution < -0.4 is 0 Å².